The summed E-state index contributed by atoms with van der Waals surface area (Å²) in [7, 11) is 0. The maximum atomic E-state index is 12.5. The van der Waals surface area contributed by atoms with E-state index in [0.717, 1.165) is 26.2 Å². The highest BCUT2D eigenvalue weighted by molar-refractivity contribution is 14.1. The summed E-state index contributed by atoms with van der Waals surface area (Å²) in [5.74, 6) is -0.433. The Labute approximate surface area is 182 Å². The first kappa shape index (κ1) is 20.2. The number of carbonyl (C=O) groups excluding carboxylic acids is 1. The van der Waals surface area contributed by atoms with Crippen LogP contribution in [0.15, 0.2) is 60.2 Å². The molecule has 0 saturated carbocycles. The Hall–Kier alpha value is -2.56. The van der Waals surface area contributed by atoms with E-state index in [9.17, 15) is 10.1 Å². The second-order valence-corrected chi connectivity index (χ2v) is 7.96. The van der Waals surface area contributed by atoms with Crippen LogP contribution in [-0.2, 0) is 4.79 Å². The summed E-state index contributed by atoms with van der Waals surface area (Å²) in [6.45, 7) is 3.93. The molecule has 0 unspecified atom stereocenters. The van der Waals surface area contributed by atoms with Gasteiger partial charge in [0.25, 0.3) is 5.91 Å². The van der Waals surface area contributed by atoms with Gasteiger partial charge >= 0.3 is 0 Å². The molecule has 1 amide bonds. The molecule has 3 aromatic rings. The number of amides is 1. The molecule has 0 aliphatic heterocycles. The highest BCUT2D eigenvalue weighted by Gasteiger charge is 2.14. The van der Waals surface area contributed by atoms with Crippen LogP contribution in [0.25, 0.3) is 11.8 Å². The Morgan fingerprint density at radius 3 is 2.61 bits per heavy atom. The highest BCUT2D eigenvalue weighted by atomic mass is 127. The number of rotatable bonds is 4. The lowest BCUT2D eigenvalue weighted by atomic mass is 10.1. The Bertz CT molecular complexity index is 1130. The summed E-state index contributed by atoms with van der Waals surface area (Å²) in [4.78, 5) is 12.5. The SMILES string of the molecule is Cc1cc(/C=C(\C#N)C(=O)Nc2cccc(I)c2)c(C)n1-c1cccc(Cl)c1. The number of halogens is 2. The first-order valence-electron chi connectivity index (χ1n) is 8.52. The zero-order valence-corrected chi connectivity index (χ0v) is 18.2. The molecule has 0 aliphatic carbocycles. The molecule has 0 atom stereocenters. The van der Waals surface area contributed by atoms with Crippen molar-refractivity contribution in [1.82, 2.24) is 4.57 Å². The summed E-state index contributed by atoms with van der Waals surface area (Å²) in [6, 6.07) is 18.9. The van der Waals surface area contributed by atoms with E-state index in [4.69, 9.17) is 11.6 Å². The smallest absolute Gasteiger partial charge is 0.266 e. The van der Waals surface area contributed by atoms with Crippen LogP contribution >= 0.6 is 34.2 Å². The van der Waals surface area contributed by atoms with Crippen molar-refractivity contribution in [3.8, 4) is 11.8 Å². The predicted octanol–water partition coefficient (Wildman–Crippen LogP) is 5.90. The van der Waals surface area contributed by atoms with Crippen molar-refractivity contribution < 1.29 is 4.79 Å². The van der Waals surface area contributed by atoms with Crippen molar-refractivity contribution in [3.05, 3.63) is 85.7 Å². The number of hydrogen-bond donors (Lipinski definition) is 1. The molecule has 0 radical (unpaired) electrons. The van der Waals surface area contributed by atoms with Gasteiger partial charge in [-0.3, -0.25) is 4.79 Å². The van der Waals surface area contributed by atoms with Gasteiger partial charge in [0.1, 0.15) is 11.6 Å². The number of benzene rings is 2. The molecular weight excluding hydrogens is 485 g/mol. The first-order chi connectivity index (χ1) is 13.4. The third kappa shape index (κ3) is 4.46. The maximum absolute atomic E-state index is 12.5. The molecule has 6 heteroatoms. The normalized spacial score (nSPS) is 11.2. The molecule has 3 rings (SSSR count). The standard InChI is InChI=1S/C22H17ClIN3O/c1-14-9-16(15(2)27(14)21-8-3-5-18(23)11-21)10-17(13-25)22(28)26-20-7-4-6-19(24)12-20/h3-12H,1-2H3,(H,26,28)/b17-10+. The molecule has 0 bridgehead atoms. The third-order valence-electron chi connectivity index (χ3n) is 4.28. The molecule has 28 heavy (non-hydrogen) atoms. The topological polar surface area (TPSA) is 57.8 Å². The molecule has 140 valence electrons. The summed E-state index contributed by atoms with van der Waals surface area (Å²) in [5.41, 5.74) is 4.36. The molecule has 1 aromatic heterocycles. The lowest BCUT2D eigenvalue weighted by molar-refractivity contribution is -0.112. The average molecular weight is 502 g/mol. The van der Waals surface area contributed by atoms with Crippen LogP contribution in [0.5, 0.6) is 0 Å². The van der Waals surface area contributed by atoms with Crippen LogP contribution in [0.4, 0.5) is 5.69 Å². The number of carbonyl (C=O) groups is 1. The largest absolute Gasteiger partial charge is 0.321 e. The second kappa shape index (κ2) is 8.63. The third-order valence-corrected chi connectivity index (χ3v) is 5.19. The number of aryl methyl sites for hydroxylation is 1. The lowest BCUT2D eigenvalue weighted by Crippen LogP contribution is -2.13. The van der Waals surface area contributed by atoms with Crippen LogP contribution in [0, 0.1) is 28.7 Å². The van der Waals surface area contributed by atoms with E-state index in [0.29, 0.717) is 10.7 Å². The number of hydrogen-bond acceptors (Lipinski definition) is 2. The lowest BCUT2D eigenvalue weighted by Gasteiger charge is -2.10. The number of anilines is 1. The Morgan fingerprint density at radius 2 is 1.93 bits per heavy atom. The van der Waals surface area contributed by atoms with Crippen molar-refractivity contribution in [2.45, 2.75) is 13.8 Å². The van der Waals surface area contributed by atoms with Gasteiger partial charge in [-0.15, -0.1) is 0 Å². The molecule has 0 aliphatic rings. The Kier molecular flexibility index (Phi) is 6.22. The first-order valence-corrected chi connectivity index (χ1v) is 9.98. The maximum Gasteiger partial charge on any atom is 0.266 e. The van der Waals surface area contributed by atoms with Crippen molar-refractivity contribution in [2.75, 3.05) is 5.32 Å². The number of nitrogens with one attached hydrogen (secondary N) is 1. The van der Waals surface area contributed by atoms with Crippen LogP contribution in [-0.4, -0.2) is 10.5 Å². The van der Waals surface area contributed by atoms with Crippen molar-refractivity contribution in [3.63, 3.8) is 0 Å². The summed E-state index contributed by atoms with van der Waals surface area (Å²) in [6.07, 6.45) is 1.62. The quantitative estimate of drug-likeness (QED) is 0.275. The van der Waals surface area contributed by atoms with E-state index >= 15 is 0 Å². The van der Waals surface area contributed by atoms with E-state index in [1.54, 1.807) is 12.1 Å². The van der Waals surface area contributed by atoms with Gasteiger partial charge in [-0.2, -0.15) is 5.26 Å². The minimum Gasteiger partial charge on any atom is -0.321 e. The van der Waals surface area contributed by atoms with E-state index in [1.807, 2.05) is 73.0 Å². The average Bonchev–Trinajstić information content (AvgIpc) is 2.92. The van der Waals surface area contributed by atoms with E-state index < -0.39 is 5.91 Å². The highest BCUT2D eigenvalue weighted by Crippen LogP contribution is 2.25. The van der Waals surface area contributed by atoms with Gasteiger partial charge in [0, 0.05) is 31.4 Å². The van der Waals surface area contributed by atoms with Gasteiger partial charge in [0.2, 0.25) is 0 Å². The Morgan fingerprint density at radius 1 is 1.18 bits per heavy atom. The van der Waals surface area contributed by atoms with E-state index in [-0.39, 0.29) is 5.57 Å². The minimum absolute atomic E-state index is 0.0465. The fraction of sp³-hybridized carbons (Fsp3) is 0.0909. The molecule has 1 N–H and O–H groups in total. The van der Waals surface area contributed by atoms with Gasteiger partial charge in [0.05, 0.1) is 0 Å². The summed E-state index contributed by atoms with van der Waals surface area (Å²) >= 11 is 8.29. The number of nitriles is 1. The second-order valence-electron chi connectivity index (χ2n) is 6.28. The predicted molar refractivity (Wildman–Crippen MR) is 122 cm³/mol. The molecule has 0 fully saturated rings. The summed E-state index contributed by atoms with van der Waals surface area (Å²) < 4.78 is 3.05. The molecule has 0 saturated heterocycles. The van der Waals surface area contributed by atoms with Gasteiger partial charge in [0.15, 0.2) is 0 Å². The van der Waals surface area contributed by atoms with E-state index in [2.05, 4.69) is 27.9 Å². The number of nitrogens with zero attached hydrogens (tertiary/aromatic N) is 2. The van der Waals surface area contributed by atoms with Gasteiger partial charge in [-0.25, -0.2) is 0 Å². The molecular formula is C22H17ClIN3O. The molecule has 4 nitrogen and oxygen atoms in total. The number of aromatic nitrogens is 1. The van der Waals surface area contributed by atoms with Crippen molar-refractivity contribution >= 4 is 51.9 Å². The van der Waals surface area contributed by atoms with Gasteiger partial charge in [-0.1, -0.05) is 23.7 Å². The van der Waals surface area contributed by atoms with Crippen LogP contribution in [0.1, 0.15) is 17.0 Å². The molecule has 2 aromatic carbocycles. The van der Waals surface area contributed by atoms with Crippen molar-refractivity contribution in [1.29, 1.82) is 5.26 Å². The zero-order chi connectivity index (χ0) is 20.3. The van der Waals surface area contributed by atoms with Gasteiger partial charge < -0.3 is 9.88 Å². The Balaban J connectivity index is 1.94. The fourth-order valence-electron chi connectivity index (χ4n) is 3.02. The molecule has 0 spiro atoms. The van der Waals surface area contributed by atoms with Gasteiger partial charge in [-0.05, 0) is 90.5 Å². The minimum atomic E-state index is -0.433. The van der Waals surface area contributed by atoms with Crippen LogP contribution < -0.4 is 5.32 Å². The van der Waals surface area contributed by atoms with E-state index in [1.165, 1.54) is 0 Å². The van der Waals surface area contributed by atoms with Crippen molar-refractivity contribution in [2.24, 2.45) is 0 Å². The summed E-state index contributed by atoms with van der Waals surface area (Å²) in [5, 5.41) is 12.9. The van der Waals surface area contributed by atoms with Crippen LogP contribution in [0.3, 0.4) is 0 Å². The zero-order valence-electron chi connectivity index (χ0n) is 15.3. The van der Waals surface area contributed by atoms with Crippen LogP contribution in [0.2, 0.25) is 5.02 Å². The fourth-order valence-corrected chi connectivity index (χ4v) is 3.74. The molecule has 1 heterocycles. The monoisotopic (exact) mass is 501 g/mol.